The van der Waals surface area contributed by atoms with Crippen molar-refractivity contribution in [3.8, 4) is 10.6 Å². The quantitative estimate of drug-likeness (QED) is 0.755. The minimum Gasteiger partial charge on any atom is -0.317 e. The fourth-order valence-electron chi connectivity index (χ4n) is 2.79. The number of rotatable bonds is 2. The van der Waals surface area contributed by atoms with E-state index in [0.29, 0.717) is 0 Å². The fraction of sp³-hybridized carbons (Fsp3) is 0.250. The van der Waals surface area contributed by atoms with Gasteiger partial charge in [0.2, 0.25) is 5.91 Å². The molecule has 2 N–H and O–H groups in total. The second kappa shape index (κ2) is 5.46. The third-order valence-corrected chi connectivity index (χ3v) is 5.93. The normalized spacial score (nSPS) is 14.0. The molecule has 6 heteroatoms. The smallest absolute Gasteiger partial charge is 0.221 e. The zero-order chi connectivity index (χ0) is 15.1. The molecular formula is C16H15N3OS2. The number of nitrogens with one attached hydrogen (secondary N) is 2. The summed E-state index contributed by atoms with van der Waals surface area (Å²) in [6, 6.07) is 8.17. The third-order valence-electron chi connectivity index (χ3n) is 3.73. The van der Waals surface area contributed by atoms with Gasteiger partial charge >= 0.3 is 0 Å². The number of aromatic nitrogens is 1. The molecule has 0 radical (unpaired) electrons. The Morgan fingerprint density at radius 2 is 2.18 bits per heavy atom. The summed E-state index contributed by atoms with van der Waals surface area (Å²) >= 11 is 3.36. The van der Waals surface area contributed by atoms with Crippen molar-refractivity contribution in [1.82, 2.24) is 10.3 Å². The highest BCUT2D eigenvalue weighted by molar-refractivity contribution is 7.22. The molecular weight excluding hydrogens is 314 g/mol. The number of para-hydroxylation sites is 1. The van der Waals surface area contributed by atoms with E-state index in [4.69, 9.17) is 4.98 Å². The Balaban J connectivity index is 1.91. The van der Waals surface area contributed by atoms with Crippen LogP contribution in [0.2, 0.25) is 0 Å². The lowest BCUT2D eigenvalue weighted by Gasteiger charge is -2.13. The molecule has 0 bridgehead atoms. The maximum atomic E-state index is 11.5. The van der Waals surface area contributed by atoms with Crippen molar-refractivity contribution in [2.75, 3.05) is 11.9 Å². The summed E-state index contributed by atoms with van der Waals surface area (Å²) in [5.41, 5.74) is 3.48. The first-order chi connectivity index (χ1) is 10.7. The predicted molar refractivity (Wildman–Crippen MR) is 92.6 cm³/mol. The van der Waals surface area contributed by atoms with Crippen LogP contribution in [0.15, 0.2) is 24.3 Å². The molecule has 0 unspecified atom stereocenters. The maximum absolute atomic E-state index is 11.5. The topological polar surface area (TPSA) is 54.0 Å². The van der Waals surface area contributed by atoms with Crippen molar-refractivity contribution in [3.63, 3.8) is 0 Å². The maximum Gasteiger partial charge on any atom is 0.221 e. The summed E-state index contributed by atoms with van der Waals surface area (Å²) in [5, 5.41) is 8.32. The number of thiazole rings is 1. The van der Waals surface area contributed by atoms with Gasteiger partial charge in [-0.25, -0.2) is 4.98 Å². The van der Waals surface area contributed by atoms with E-state index < -0.39 is 0 Å². The van der Waals surface area contributed by atoms with Gasteiger partial charge in [0.05, 0.1) is 10.2 Å². The van der Waals surface area contributed by atoms with Crippen LogP contribution in [0.5, 0.6) is 0 Å². The largest absolute Gasteiger partial charge is 0.317 e. The first-order valence-corrected chi connectivity index (χ1v) is 8.84. The second-order valence-electron chi connectivity index (χ2n) is 5.30. The van der Waals surface area contributed by atoms with Gasteiger partial charge in [-0.05, 0) is 30.7 Å². The standard InChI is InChI=1S/C16H15N3OS2/c1-9(20)18-15-14(10-6-7-17-8-13(10)22-15)16-19-11-4-2-3-5-12(11)21-16/h2-5,17H,6-8H2,1H3,(H,18,20). The number of amides is 1. The van der Waals surface area contributed by atoms with Gasteiger partial charge in [-0.2, -0.15) is 0 Å². The second-order valence-corrected chi connectivity index (χ2v) is 7.44. The molecule has 3 heterocycles. The van der Waals surface area contributed by atoms with Crippen molar-refractivity contribution in [1.29, 1.82) is 0 Å². The first-order valence-electron chi connectivity index (χ1n) is 7.21. The molecule has 0 saturated heterocycles. The SMILES string of the molecule is CC(=O)Nc1sc2c(c1-c1nc3ccccc3s1)CCNC2. The number of hydrogen-bond donors (Lipinski definition) is 2. The Morgan fingerprint density at radius 1 is 1.32 bits per heavy atom. The van der Waals surface area contributed by atoms with E-state index >= 15 is 0 Å². The molecule has 1 aliphatic rings. The number of carbonyl (C=O) groups excluding carboxylic acids is 1. The summed E-state index contributed by atoms with van der Waals surface area (Å²) in [6.07, 6.45) is 0.983. The zero-order valence-electron chi connectivity index (χ0n) is 12.1. The Hall–Kier alpha value is -1.76. The summed E-state index contributed by atoms with van der Waals surface area (Å²) in [7, 11) is 0. The number of nitrogens with zero attached hydrogens (tertiary/aromatic N) is 1. The molecule has 0 fully saturated rings. The van der Waals surface area contributed by atoms with Crippen molar-refractivity contribution < 1.29 is 4.79 Å². The van der Waals surface area contributed by atoms with Crippen LogP contribution in [-0.4, -0.2) is 17.4 Å². The minimum atomic E-state index is -0.0334. The predicted octanol–water partition coefficient (Wildman–Crippen LogP) is 3.63. The number of anilines is 1. The van der Waals surface area contributed by atoms with Crippen molar-refractivity contribution >= 4 is 43.8 Å². The van der Waals surface area contributed by atoms with Crippen LogP contribution in [0.3, 0.4) is 0 Å². The summed E-state index contributed by atoms with van der Waals surface area (Å²) in [6.45, 7) is 3.40. The van der Waals surface area contributed by atoms with Gasteiger partial charge < -0.3 is 10.6 Å². The Labute approximate surface area is 136 Å². The van der Waals surface area contributed by atoms with Crippen LogP contribution in [0.25, 0.3) is 20.8 Å². The number of carbonyl (C=O) groups is 1. The average molecular weight is 329 g/mol. The van der Waals surface area contributed by atoms with Crippen molar-refractivity contribution in [2.45, 2.75) is 19.9 Å². The molecule has 0 saturated carbocycles. The molecule has 1 aromatic carbocycles. The minimum absolute atomic E-state index is 0.0334. The van der Waals surface area contributed by atoms with Gasteiger partial charge in [-0.3, -0.25) is 4.79 Å². The summed E-state index contributed by atoms with van der Waals surface area (Å²) in [4.78, 5) is 17.6. The van der Waals surface area contributed by atoms with E-state index in [9.17, 15) is 4.79 Å². The van der Waals surface area contributed by atoms with Gasteiger partial charge in [-0.1, -0.05) is 12.1 Å². The monoisotopic (exact) mass is 329 g/mol. The Morgan fingerprint density at radius 3 is 3.00 bits per heavy atom. The Bertz CT molecular complexity index is 833. The highest BCUT2D eigenvalue weighted by Gasteiger charge is 2.24. The number of hydrogen-bond acceptors (Lipinski definition) is 5. The van der Waals surface area contributed by atoms with Crippen LogP contribution in [-0.2, 0) is 17.8 Å². The number of benzene rings is 1. The molecule has 3 aromatic rings. The highest BCUT2D eigenvalue weighted by Crippen LogP contribution is 2.44. The van der Waals surface area contributed by atoms with Crippen LogP contribution in [0.1, 0.15) is 17.4 Å². The van der Waals surface area contributed by atoms with E-state index in [1.807, 2.05) is 18.2 Å². The molecule has 4 nitrogen and oxygen atoms in total. The van der Waals surface area contributed by atoms with Gasteiger partial charge in [0.15, 0.2) is 0 Å². The molecule has 0 atom stereocenters. The first kappa shape index (κ1) is 13.9. The van der Waals surface area contributed by atoms with Crippen LogP contribution in [0.4, 0.5) is 5.00 Å². The van der Waals surface area contributed by atoms with Gasteiger partial charge in [0.1, 0.15) is 10.0 Å². The van der Waals surface area contributed by atoms with Gasteiger partial charge in [0.25, 0.3) is 0 Å². The lowest BCUT2D eigenvalue weighted by Crippen LogP contribution is -2.22. The molecule has 112 valence electrons. The fourth-order valence-corrected chi connectivity index (χ4v) is 5.16. The molecule has 1 aliphatic heterocycles. The van der Waals surface area contributed by atoms with Gasteiger partial charge in [-0.15, -0.1) is 22.7 Å². The summed E-state index contributed by atoms with van der Waals surface area (Å²) in [5.74, 6) is -0.0334. The molecule has 22 heavy (non-hydrogen) atoms. The summed E-state index contributed by atoms with van der Waals surface area (Å²) < 4.78 is 1.18. The van der Waals surface area contributed by atoms with Crippen LogP contribution < -0.4 is 10.6 Å². The average Bonchev–Trinajstić information content (AvgIpc) is 3.06. The molecule has 0 spiro atoms. The lowest BCUT2D eigenvalue weighted by atomic mass is 10.0. The molecule has 1 amide bonds. The number of fused-ring (bicyclic) bond motifs is 2. The van der Waals surface area contributed by atoms with Crippen LogP contribution >= 0.6 is 22.7 Å². The Kier molecular flexibility index (Phi) is 3.44. The van der Waals surface area contributed by atoms with E-state index in [0.717, 1.165) is 40.6 Å². The molecule has 0 aliphatic carbocycles. The zero-order valence-corrected chi connectivity index (χ0v) is 13.7. The van der Waals surface area contributed by atoms with E-state index in [2.05, 4.69) is 16.7 Å². The highest BCUT2D eigenvalue weighted by atomic mass is 32.1. The van der Waals surface area contributed by atoms with E-state index in [-0.39, 0.29) is 5.91 Å². The van der Waals surface area contributed by atoms with Crippen LogP contribution in [0, 0.1) is 0 Å². The van der Waals surface area contributed by atoms with Crippen molar-refractivity contribution in [2.24, 2.45) is 0 Å². The lowest BCUT2D eigenvalue weighted by molar-refractivity contribution is -0.114. The van der Waals surface area contributed by atoms with Crippen molar-refractivity contribution in [3.05, 3.63) is 34.7 Å². The molecule has 4 rings (SSSR count). The van der Waals surface area contributed by atoms with Gasteiger partial charge in [0, 0.05) is 23.9 Å². The van der Waals surface area contributed by atoms with E-state index in [1.165, 1.54) is 15.1 Å². The molecule has 2 aromatic heterocycles. The number of thiophene rings is 1. The van der Waals surface area contributed by atoms with E-state index in [1.54, 1.807) is 29.6 Å². The third kappa shape index (κ3) is 2.33.